The second kappa shape index (κ2) is 7.40. The van der Waals surface area contributed by atoms with Crippen LogP contribution < -0.4 is 15.5 Å². The summed E-state index contributed by atoms with van der Waals surface area (Å²) in [5.41, 5.74) is 3.74. The molecule has 0 spiro atoms. The van der Waals surface area contributed by atoms with Crippen molar-refractivity contribution in [1.82, 2.24) is 15.2 Å². The highest BCUT2D eigenvalue weighted by Crippen LogP contribution is 2.40. The van der Waals surface area contributed by atoms with Gasteiger partial charge in [-0.2, -0.15) is 4.98 Å². The Hall–Kier alpha value is -2.26. The molecule has 0 aliphatic carbocycles. The zero-order valence-electron chi connectivity index (χ0n) is 14.7. The minimum Gasteiger partial charge on any atom is -0.508 e. The summed E-state index contributed by atoms with van der Waals surface area (Å²) in [7, 11) is 0.707. The van der Waals surface area contributed by atoms with Crippen molar-refractivity contribution in [2.24, 2.45) is 0 Å². The summed E-state index contributed by atoms with van der Waals surface area (Å²) < 4.78 is 7.06. The lowest BCUT2D eigenvalue weighted by molar-refractivity contribution is 0.221. The number of aromatic nitrogens is 3. The molecule has 0 saturated heterocycles. The summed E-state index contributed by atoms with van der Waals surface area (Å²) in [6, 6.07) is 11.5. The molecule has 2 heterocycles. The standard InChI is InChI=1S/C18H16BBrN4O2S/c1-19-12-8-9(20)7-11(15(12)25)16-21-13-6-4-3-5-10(13)14-17(26-16)22-18(27-2)24-23-14/h3-8,16,19,21,25H,1-2H3. The fourth-order valence-corrected chi connectivity index (χ4v) is 3.84. The van der Waals surface area contributed by atoms with Gasteiger partial charge in [-0.1, -0.05) is 58.8 Å². The van der Waals surface area contributed by atoms with Crippen LogP contribution in [0.4, 0.5) is 5.69 Å². The number of para-hydroxylation sites is 1. The van der Waals surface area contributed by atoms with Gasteiger partial charge in [0, 0.05) is 15.7 Å². The Bertz CT molecular complexity index is 1020. The van der Waals surface area contributed by atoms with Crippen LogP contribution in [0.2, 0.25) is 6.82 Å². The second-order valence-electron chi connectivity index (χ2n) is 6.00. The van der Waals surface area contributed by atoms with Crippen molar-refractivity contribution in [3.8, 4) is 22.9 Å². The van der Waals surface area contributed by atoms with Gasteiger partial charge in [-0.15, -0.1) is 10.2 Å². The monoisotopic (exact) mass is 442 g/mol. The zero-order valence-corrected chi connectivity index (χ0v) is 17.1. The van der Waals surface area contributed by atoms with Crippen LogP contribution in [0.3, 0.4) is 0 Å². The van der Waals surface area contributed by atoms with Crippen LogP contribution in [0.15, 0.2) is 46.0 Å². The number of anilines is 1. The van der Waals surface area contributed by atoms with E-state index in [2.05, 4.69) is 36.4 Å². The van der Waals surface area contributed by atoms with Crippen molar-refractivity contribution >= 4 is 46.1 Å². The molecule has 3 aromatic rings. The summed E-state index contributed by atoms with van der Waals surface area (Å²) in [4.78, 5) is 4.49. The second-order valence-corrected chi connectivity index (χ2v) is 7.69. The Morgan fingerprint density at radius 1 is 1.26 bits per heavy atom. The van der Waals surface area contributed by atoms with Gasteiger partial charge in [0.2, 0.25) is 17.3 Å². The molecule has 1 aliphatic heterocycles. The first kappa shape index (κ1) is 18.1. The molecule has 9 heteroatoms. The van der Waals surface area contributed by atoms with E-state index in [4.69, 9.17) is 4.74 Å². The molecule has 1 unspecified atom stereocenters. The van der Waals surface area contributed by atoms with Gasteiger partial charge in [0.25, 0.3) is 0 Å². The summed E-state index contributed by atoms with van der Waals surface area (Å²) >= 11 is 4.92. The number of phenolic OH excluding ortho intramolecular Hbond substituents is 1. The van der Waals surface area contributed by atoms with Gasteiger partial charge in [-0.3, -0.25) is 0 Å². The minimum atomic E-state index is -0.624. The van der Waals surface area contributed by atoms with Crippen molar-refractivity contribution in [3.05, 3.63) is 46.4 Å². The molecule has 2 aromatic carbocycles. The van der Waals surface area contributed by atoms with E-state index in [0.29, 0.717) is 29.6 Å². The van der Waals surface area contributed by atoms with Gasteiger partial charge in [0.1, 0.15) is 5.75 Å². The highest BCUT2D eigenvalue weighted by Gasteiger charge is 2.28. The molecule has 0 amide bonds. The van der Waals surface area contributed by atoms with Gasteiger partial charge < -0.3 is 15.2 Å². The van der Waals surface area contributed by atoms with Crippen molar-refractivity contribution < 1.29 is 9.84 Å². The molecule has 0 bridgehead atoms. The van der Waals surface area contributed by atoms with E-state index in [0.717, 1.165) is 21.2 Å². The Morgan fingerprint density at radius 2 is 2.07 bits per heavy atom. The SMILES string of the molecule is CBc1cc(Br)cc(C2Nc3ccccc3-c3nnc(SC)nc3O2)c1O. The Balaban J connectivity index is 1.89. The predicted molar refractivity (Wildman–Crippen MR) is 112 cm³/mol. The normalized spacial score (nSPS) is 15.0. The maximum atomic E-state index is 10.8. The maximum absolute atomic E-state index is 10.8. The summed E-state index contributed by atoms with van der Waals surface area (Å²) in [6.45, 7) is 2.00. The quantitative estimate of drug-likeness (QED) is 0.475. The third-order valence-electron chi connectivity index (χ3n) is 4.36. The number of ether oxygens (including phenoxy) is 1. The fraction of sp³-hybridized carbons (Fsp3) is 0.167. The van der Waals surface area contributed by atoms with E-state index in [1.165, 1.54) is 11.8 Å². The number of phenols is 1. The van der Waals surface area contributed by atoms with Gasteiger partial charge in [0.15, 0.2) is 13.0 Å². The predicted octanol–water partition coefficient (Wildman–Crippen LogP) is 3.34. The van der Waals surface area contributed by atoms with E-state index in [9.17, 15) is 5.11 Å². The Labute approximate surface area is 170 Å². The highest BCUT2D eigenvalue weighted by molar-refractivity contribution is 9.10. The molecule has 27 heavy (non-hydrogen) atoms. The fourth-order valence-electron chi connectivity index (χ4n) is 3.02. The van der Waals surface area contributed by atoms with Crippen molar-refractivity contribution in [2.75, 3.05) is 11.6 Å². The van der Waals surface area contributed by atoms with Crippen LogP contribution in [0.1, 0.15) is 11.8 Å². The first-order chi connectivity index (χ1) is 13.1. The average Bonchev–Trinajstić information content (AvgIpc) is 2.85. The summed E-state index contributed by atoms with van der Waals surface area (Å²) in [5, 5.41) is 23.1. The lowest BCUT2D eigenvalue weighted by Crippen LogP contribution is -2.21. The summed E-state index contributed by atoms with van der Waals surface area (Å²) in [5.74, 6) is 0.598. The number of halogens is 1. The Kier molecular flexibility index (Phi) is 4.97. The van der Waals surface area contributed by atoms with E-state index in [1.54, 1.807) is 0 Å². The molecule has 6 nitrogen and oxygen atoms in total. The van der Waals surface area contributed by atoms with Crippen LogP contribution in [-0.4, -0.2) is 33.8 Å². The number of nitrogens with zero attached hydrogens (tertiary/aromatic N) is 3. The van der Waals surface area contributed by atoms with Crippen LogP contribution in [0, 0.1) is 0 Å². The smallest absolute Gasteiger partial charge is 0.247 e. The first-order valence-electron chi connectivity index (χ1n) is 8.43. The number of hydrogen-bond acceptors (Lipinski definition) is 7. The number of fused-ring (bicyclic) bond motifs is 3. The van der Waals surface area contributed by atoms with Gasteiger partial charge in [-0.25, -0.2) is 0 Å². The molecule has 1 aliphatic rings. The van der Waals surface area contributed by atoms with Crippen molar-refractivity contribution in [2.45, 2.75) is 18.2 Å². The van der Waals surface area contributed by atoms with Gasteiger partial charge in [0.05, 0.1) is 5.56 Å². The van der Waals surface area contributed by atoms with Gasteiger partial charge in [-0.05, 0) is 23.9 Å². The lowest BCUT2D eigenvalue weighted by Gasteiger charge is -2.21. The van der Waals surface area contributed by atoms with Crippen LogP contribution in [-0.2, 0) is 0 Å². The molecule has 4 rings (SSSR count). The Morgan fingerprint density at radius 3 is 2.85 bits per heavy atom. The van der Waals surface area contributed by atoms with Crippen LogP contribution in [0.5, 0.6) is 11.6 Å². The maximum Gasteiger partial charge on any atom is 0.247 e. The van der Waals surface area contributed by atoms with Crippen LogP contribution in [0.25, 0.3) is 11.3 Å². The lowest BCUT2D eigenvalue weighted by atomic mass is 9.72. The molecule has 136 valence electrons. The zero-order chi connectivity index (χ0) is 19.0. The first-order valence-corrected chi connectivity index (χ1v) is 10.4. The molecule has 2 N–H and O–H groups in total. The number of benzene rings is 2. The molecule has 0 radical (unpaired) electrons. The number of rotatable bonds is 3. The third-order valence-corrected chi connectivity index (χ3v) is 5.36. The highest BCUT2D eigenvalue weighted by atomic mass is 79.9. The van der Waals surface area contributed by atoms with E-state index in [1.807, 2.05) is 49.5 Å². The molecule has 0 fully saturated rings. The number of aromatic hydroxyl groups is 1. The number of thioether (sulfide) groups is 1. The largest absolute Gasteiger partial charge is 0.508 e. The topological polar surface area (TPSA) is 80.2 Å². The van der Waals surface area contributed by atoms with E-state index >= 15 is 0 Å². The van der Waals surface area contributed by atoms with Crippen LogP contribution >= 0.6 is 27.7 Å². The number of nitrogens with one attached hydrogen (secondary N) is 1. The third kappa shape index (κ3) is 3.37. The van der Waals surface area contributed by atoms with E-state index in [-0.39, 0.29) is 5.75 Å². The average molecular weight is 443 g/mol. The molecule has 0 saturated carbocycles. The van der Waals surface area contributed by atoms with E-state index < -0.39 is 6.23 Å². The number of hydrogen-bond donors (Lipinski definition) is 2. The van der Waals surface area contributed by atoms with Crippen molar-refractivity contribution in [3.63, 3.8) is 0 Å². The molecular formula is C18H16BBrN4O2S. The van der Waals surface area contributed by atoms with Gasteiger partial charge >= 0.3 is 0 Å². The minimum absolute atomic E-state index is 0.214. The molecule has 1 aromatic heterocycles. The molecule has 1 atom stereocenters. The van der Waals surface area contributed by atoms with Crippen molar-refractivity contribution in [1.29, 1.82) is 0 Å². The summed E-state index contributed by atoms with van der Waals surface area (Å²) in [6.07, 6.45) is 1.26. The molecular weight excluding hydrogens is 427 g/mol.